The number of primary amides is 1. The van der Waals surface area contributed by atoms with Crippen molar-refractivity contribution in [3.63, 3.8) is 0 Å². The van der Waals surface area contributed by atoms with E-state index in [-0.39, 0.29) is 17.6 Å². The molecule has 10 nitrogen and oxygen atoms in total. The summed E-state index contributed by atoms with van der Waals surface area (Å²) in [5.74, 6) is -1.57. The second-order valence-electron chi connectivity index (χ2n) is 12.1. The Kier molecular flexibility index (Phi) is 27.4. The number of hydrogen-bond acceptors (Lipinski definition) is 7. The standard InChI is InChI=1S/C33H64N4O6/c1-27(37-29(26-38)33(35)43)32(42)28(23-24-34)20-18-19-25-36-30(39)21-16-14-12-10-8-6-4-2-3-5-7-9-11-13-15-17-22-31(40)41/h27-29,37-38H,2-26,34H2,1H3,(H2,35,43)(H,36,39)(H,40,41)/t27?,28-,29-/m0/s1. The summed E-state index contributed by atoms with van der Waals surface area (Å²) in [5.41, 5.74) is 10.9. The number of ketones is 1. The second-order valence-corrected chi connectivity index (χ2v) is 12.1. The highest BCUT2D eigenvalue weighted by molar-refractivity contribution is 5.87. The van der Waals surface area contributed by atoms with Gasteiger partial charge in [-0.25, -0.2) is 0 Å². The molecule has 3 atom stereocenters. The number of nitrogens with two attached hydrogens (primary N) is 2. The summed E-state index contributed by atoms with van der Waals surface area (Å²) in [5, 5.41) is 23.7. The van der Waals surface area contributed by atoms with Crippen molar-refractivity contribution in [3.8, 4) is 0 Å². The molecule has 43 heavy (non-hydrogen) atoms. The molecule has 0 saturated carbocycles. The molecule has 0 aliphatic carbocycles. The Hall–Kier alpha value is -2.04. The number of rotatable bonds is 32. The molecule has 0 rings (SSSR count). The van der Waals surface area contributed by atoms with Crippen molar-refractivity contribution < 1.29 is 29.4 Å². The third-order valence-electron chi connectivity index (χ3n) is 8.17. The zero-order chi connectivity index (χ0) is 32.1. The molecule has 0 saturated heterocycles. The van der Waals surface area contributed by atoms with Crippen molar-refractivity contribution in [2.45, 2.75) is 160 Å². The Morgan fingerprint density at radius 3 is 1.56 bits per heavy atom. The highest BCUT2D eigenvalue weighted by Gasteiger charge is 2.26. The predicted octanol–water partition coefficient (Wildman–Crippen LogP) is 4.74. The van der Waals surface area contributed by atoms with Crippen molar-refractivity contribution in [1.29, 1.82) is 0 Å². The first-order valence-electron chi connectivity index (χ1n) is 17.1. The van der Waals surface area contributed by atoms with Crippen LogP contribution in [-0.4, -0.2) is 65.6 Å². The summed E-state index contributed by atoms with van der Waals surface area (Å²) < 4.78 is 0. The van der Waals surface area contributed by atoms with Gasteiger partial charge in [0.1, 0.15) is 6.04 Å². The smallest absolute Gasteiger partial charge is 0.303 e. The van der Waals surface area contributed by atoms with Crippen LogP contribution in [-0.2, 0) is 19.2 Å². The van der Waals surface area contributed by atoms with Gasteiger partial charge in [0.2, 0.25) is 11.8 Å². The van der Waals surface area contributed by atoms with E-state index in [1.54, 1.807) is 6.92 Å². The number of Topliss-reactive ketones (excluding diaryl/α,β-unsaturated/α-hetero) is 1. The number of aliphatic hydroxyl groups excluding tert-OH is 1. The van der Waals surface area contributed by atoms with Gasteiger partial charge in [0.25, 0.3) is 0 Å². The summed E-state index contributed by atoms with van der Waals surface area (Å²) >= 11 is 0. The molecule has 2 amide bonds. The predicted molar refractivity (Wildman–Crippen MR) is 172 cm³/mol. The number of aliphatic carboxylic acids is 1. The lowest BCUT2D eigenvalue weighted by atomic mass is 9.90. The highest BCUT2D eigenvalue weighted by Crippen LogP contribution is 2.17. The molecule has 0 fully saturated rings. The minimum atomic E-state index is -0.953. The molecule has 0 aliphatic heterocycles. The minimum Gasteiger partial charge on any atom is -0.481 e. The van der Waals surface area contributed by atoms with E-state index in [4.69, 9.17) is 16.6 Å². The van der Waals surface area contributed by atoms with Gasteiger partial charge in [-0.1, -0.05) is 96.3 Å². The molecule has 252 valence electrons. The molecule has 0 heterocycles. The van der Waals surface area contributed by atoms with E-state index in [0.29, 0.717) is 38.8 Å². The Labute approximate surface area is 260 Å². The van der Waals surface area contributed by atoms with E-state index in [2.05, 4.69) is 10.6 Å². The highest BCUT2D eigenvalue weighted by atomic mass is 16.4. The van der Waals surface area contributed by atoms with Gasteiger partial charge in [0.05, 0.1) is 12.6 Å². The lowest BCUT2D eigenvalue weighted by Crippen LogP contribution is -2.51. The summed E-state index contributed by atoms with van der Waals surface area (Å²) in [6.45, 7) is 2.19. The Morgan fingerprint density at radius 2 is 1.14 bits per heavy atom. The molecular weight excluding hydrogens is 548 g/mol. The summed E-state index contributed by atoms with van der Waals surface area (Å²) in [6.07, 6.45) is 22.8. The number of amides is 2. The second kappa shape index (κ2) is 28.7. The lowest BCUT2D eigenvalue weighted by Gasteiger charge is -2.23. The molecule has 0 bridgehead atoms. The van der Waals surface area contributed by atoms with E-state index in [9.17, 15) is 24.3 Å². The third kappa shape index (κ3) is 25.0. The van der Waals surface area contributed by atoms with Crippen LogP contribution in [0.5, 0.6) is 0 Å². The maximum absolute atomic E-state index is 12.8. The number of carbonyl (C=O) groups is 4. The molecule has 0 spiro atoms. The van der Waals surface area contributed by atoms with Crippen molar-refractivity contribution in [2.75, 3.05) is 19.7 Å². The van der Waals surface area contributed by atoms with Gasteiger partial charge < -0.3 is 27.0 Å². The molecule has 0 aromatic heterocycles. The molecule has 10 heteroatoms. The largest absolute Gasteiger partial charge is 0.481 e. The van der Waals surface area contributed by atoms with Crippen LogP contribution in [0.15, 0.2) is 0 Å². The number of carboxylic acids is 1. The van der Waals surface area contributed by atoms with Crippen molar-refractivity contribution in [3.05, 3.63) is 0 Å². The quantitative estimate of drug-likeness (QED) is 0.0588. The molecule has 0 aromatic carbocycles. The first-order valence-corrected chi connectivity index (χ1v) is 17.1. The van der Waals surface area contributed by atoms with Gasteiger partial charge in [0.15, 0.2) is 5.78 Å². The van der Waals surface area contributed by atoms with E-state index in [1.807, 2.05) is 0 Å². The fraction of sp³-hybridized carbons (Fsp3) is 0.879. The van der Waals surface area contributed by atoms with Gasteiger partial charge in [0, 0.05) is 25.3 Å². The molecule has 0 radical (unpaired) electrons. The van der Waals surface area contributed by atoms with Crippen molar-refractivity contribution in [1.82, 2.24) is 10.6 Å². The van der Waals surface area contributed by atoms with E-state index < -0.39 is 30.6 Å². The zero-order valence-electron chi connectivity index (χ0n) is 27.1. The molecule has 0 aliphatic rings. The van der Waals surface area contributed by atoms with Crippen LogP contribution in [0.4, 0.5) is 0 Å². The number of carbonyl (C=O) groups excluding carboxylic acids is 3. The first-order chi connectivity index (χ1) is 20.7. The van der Waals surface area contributed by atoms with Gasteiger partial charge in [-0.15, -0.1) is 0 Å². The zero-order valence-corrected chi connectivity index (χ0v) is 27.1. The van der Waals surface area contributed by atoms with Crippen LogP contribution >= 0.6 is 0 Å². The van der Waals surface area contributed by atoms with Crippen LogP contribution in [0, 0.1) is 5.92 Å². The average molecular weight is 613 g/mol. The van der Waals surface area contributed by atoms with Crippen LogP contribution < -0.4 is 22.1 Å². The van der Waals surface area contributed by atoms with Crippen molar-refractivity contribution >= 4 is 23.6 Å². The van der Waals surface area contributed by atoms with Crippen LogP contribution in [0.1, 0.15) is 148 Å². The van der Waals surface area contributed by atoms with E-state index in [0.717, 1.165) is 44.9 Å². The molecule has 8 N–H and O–H groups in total. The number of unbranched alkanes of at least 4 members (excludes halogenated alkanes) is 16. The fourth-order valence-electron chi connectivity index (χ4n) is 5.46. The average Bonchev–Trinajstić information content (AvgIpc) is 2.97. The van der Waals surface area contributed by atoms with Crippen molar-refractivity contribution in [2.24, 2.45) is 17.4 Å². The SMILES string of the molecule is CC(N[C@@H](CO)C(N)=O)C(=O)[C@H](CCN)CCCCNC(=O)CCCCCCCCCCCCCCCCCCC(=O)O. The number of aliphatic hydroxyl groups is 1. The summed E-state index contributed by atoms with van der Waals surface area (Å²) in [7, 11) is 0. The Balaban J connectivity index is 3.65. The lowest BCUT2D eigenvalue weighted by molar-refractivity contribution is -0.137. The Morgan fingerprint density at radius 1 is 0.674 bits per heavy atom. The Bertz CT molecular complexity index is 736. The molecule has 0 aromatic rings. The van der Waals surface area contributed by atoms with Gasteiger partial charge in [-0.2, -0.15) is 0 Å². The number of carboxylic acid groups (broad SMARTS) is 1. The molecular formula is C33H64N4O6. The number of nitrogens with one attached hydrogen (secondary N) is 2. The fourth-order valence-corrected chi connectivity index (χ4v) is 5.46. The maximum atomic E-state index is 12.8. The maximum Gasteiger partial charge on any atom is 0.303 e. The monoisotopic (exact) mass is 612 g/mol. The minimum absolute atomic E-state index is 0.0415. The third-order valence-corrected chi connectivity index (χ3v) is 8.17. The number of hydrogen-bond donors (Lipinski definition) is 6. The van der Waals surface area contributed by atoms with Gasteiger partial charge >= 0.3 is 5.97 Å². The van der Waals surface area contributed by atoms with E-state index >= 15 is 0 Å². The summed E-state index contributed by atoms with van der Waals surface area (Å²) in [6, 6.07) is -1.56. The first kappa shape index (κ1) is 41.0. The van der Waals surface area contributed by atoms with Crippen LogP contribution in [0.25, 0.3) is 0 Å². The van der Waals surface area contributed by atoms with Crippen LogP contribution in [0.3, 0.4) is 0 Å². The van der Waals surface area contributed by atoms with Crippen LogP contribution in [0.2, 0.25) is 0 Å². The topological polar surface area (TPSA) is 185 Å². The molecule has 1 unspecified atom stereocenters. The summed E-state index contributed by atoms with van der Waals surface area (Å²) in [4.78, 5) is 46.7. The van der Waals surface area contributed by atoms with Gasteiger partial charge in [-0.05, 0) is 45.6 Å². The van der Waals surface area contributed by atoms with E-state index in [1.165, 1.54) is 70.6 Å². The van der Waals surface area contributed by atoms with Gasteiger partial charge in [-0.3, -0.25) is 24.5 Å². The normalized spacial score (nSPS) is 13.4.